The minimum atomic E-state index is -0.0624. The van der Waals surface area contributed by atoms with Crippen LogP contribution < -0.4 is 5.32 Å². The van der Waals surface area contributed by atoms with E-state index in [-0.39, 0.29) is 11.7 Å². The zero-order valence-corrected chi connectivity index (χ0v) is 17.5. The highest BCUT2D eigenvalue weighted by molar-refractivity contribution is 7.99. The smallest absolute Gasteiger partial charge is 0.234 e. The van der Waals surface area contributed by atoms with Gasteiger partial charge in [0.2, 0.25) is 11.1 Å². The lowest BCUT2D eigenvalue weighted by molar-refractivity contribution is -0.113. The Balaban J connectivity index is 1.50. The molecule has 2 aromatic heterocycles. The van der Waals surface area contributed by atoms with Crippen LogP contribution in [0.5, 0.6) is 0 Å². The standard InChI is InChI=1S/C23H23N5OS/c1-2-19-12-6-7-13-20(19)24-22(29)17-30-23-26-25-21(16-18-10-4-3-5-11-18)28(23)27-14-8-9-15-27/h3-15H,2,16-17H2,1H3,(H,24,29). The van der Waals surface area contributed by atoms with E-state index in [1.54, 1.807) is 0 Å². The van der Waals surface area contributed by atoms with Gasteiger partial charge in [0.05, 0.1) is 5.75 Å². The van der Waals surface area contributed by atoms with Crippen molar-refractivity contribution in [1.82, 2.24) is 19.5 Å². The molecule has 0 unspecified atom stereocenters. The van der Waals surface area contributed by atoms with Crippen molar-refractivity contribution >= 4 is 23.4 Å². The van der Waals surface area contributed by atoms with E-state index in [1.165, 1.54) is 11.8 Å². The van der Waals surface area contributed by atoms with Crippen molar-refractivity contribution < 1.29 is 4.79 Å². The van der Waals surface area contributed by atoms with E-state index in [9.17, 15) is 4.79 Å². The molecule has 0 aliphatic rings. The van der Waals surface area contributed by atoms with Gasteiger partial charge in [0.15, 0.2) is 5.82 Å². The van der Waals surface area contributed by atoms with Crippen LogP contribution in [0.15, 0.2) is 84.3 Å². The van der Waals surface area contributed by atoms with E-state index in [2.05, 4.69) is 34.6 Å². The maximum absolute atomic E-state index is 12.6. The molecule has 2 aromatic carbocycles. The van der Waals surface area contributed by atoms with Crippen LogP contribution in [0, 0.1) is 0 Å². The van der Waals surface area contributed by atoms with Gasteiger partial charge in [0.25, 0.3) is 0 Å². The summed E-state index contributed by atoms with van der Waals surface area (Å²) in [6.07, 6.45) is 5.41. The molecule has 1 N–H and O–H groups in total. The predicted molar refractivity (Wildman–Crippen MR) is 120 cm³/mol. The number of aromatic nitrogens is 4. The second kappa shape index (κ2) is 9.45. The van der Waals surface area contributed by atoms with Crippen LogP contribution in [-0.4, -0.2) is 31.2 Å². The highest BCUT2D eigenvalue weighted by Gasteiger charge is 2.16. The largest absolute Gasteiger partial charge is 0.325 e. The summed E-state index contributed by atoms with van der Waals surface area (Å²) >= 11 is 1.37. The minimum absolute atomic E-state index is 0.0624. The molecule has 0 atom stereocenters. The average Bonchev–Trinajstić information content (AvgIpc) is 3.43. The number of anilines is 1. The Hall–Kier alpha value is -3.32. The molecule has 2 heterocycles. The predicted octanol–water partition coefficient (Wildman–Crippen LogP) is 4.28. The Morgan fingerprint density at radius 3 is 2.47 bits per heavy atom. The van der Waals surface area contributed by atoms with Gasteiger partial charge in [0.1, 0.15) is 0 Å². The number of hydrogen-bond donors (Lipinski definition) is 1. The number of carbonyl (C=O) groups is 1. The molecule has 30 heavy (non-hydrogen) atoms. The molecule has 152 valence electrons. The SMILES string of the molecule is CCc1ccccc1NC(=O)CSc1nnc(Cc2ccccc2)n1-n1cccc1. The zero-order chi connectivity index (χ0) is 20.8. The fourth-order valence-corrected chi connectivity index (χ4v) is 3.98. The van der Waals surface area contributed by atoms with E-state index in [0.29, 0.717) is 11.6 Å². The number of amides is 1. The van der Waals surface area contributed by atoms with Gasteiger partial charge in [-0.15, -0.1) is 10.2 Å². The van der Waals surface area contributed by atoms with Crippen LogP contribution in [-0.2, 0) is 17.6 Å². The molecule has 6 nitrogen and oxygen atoms in total. The number of benzene rings is 2. The number of thioether (sulfide) groups is 1. The van der Waals surface area contributed by atoms with Gasteiger partial charge in [-0.1, -0.05) is 67.2 Å². The molecule has 0 saturated carbocycles. The molecule has 0 aliphatic heterocycles. The first-order valence-corrected chi connectivity index (χ1v) is 10.9. The summed E-state index contributed by atoms with van der Waals surface area (Å²) in [5.41, 5.74) is 3.14. The van der Waals surface area contributed by atoms with Crippen LogP contribution in [0.3, 0.4) is 0 Å². The Labute approximate surface area is 179 Å². The summed E-state index contributed by atoms with van der Waals surface area (Å²) in [6.45, 7) is 2.08. The van der Waals surface area contributed by atoms with Gasteiger partial charge in [-0.3, -0.25) is 9.47 Å². The summed E-state index contributed by atoms with van der Waals surface area (Å²) < 4.78 is 3.88. The van der Waals surface area contributed by atoms with Crippen LogP contribution >= 0.6 is 11.8 Å². The van der Waals surface area contributed by atoms with Crippen molar-refractivity contribution in [2.75, 3.05) is 11.1 Å². The number of rotatable bonds is 8. The summed E-state index contributed by atoms with van der Waals surface area (Å²) in [6, 6.07) is 21.9. The Morgan fingerprint density at radius 2 is 1.70 bits per heavy atom. The molecule has 0 radical (unpaired) electrons. The number of nitrogens with zero attached hydrogens (tertiary/aromatic N) is 4. The number of para-hydroxylation sites is 1. The second-order valence-corrected chi connectivity index (χ2v) is 7.73. The molecular weight excluding hydrogens is 394 g/mol. The van der Waals surface area contributed by atoms with Crippen molar-refractivity contribution in [3.63, 3.8) is 0 Å². The highest BCUT2D eigenvalue weighted by Crippen LogP contribution is 2.21. The third-order valence-corrected chi connectivity index (χ3v) is 5.63. The fourth-order valence-electron chi connectivity index (χ4n) is 3.23. The normalized spacial score (nSPS) is 10.8. The van der Waals surface area contributed by atoms with Gasteiger partial charge in [0, 0.05) is 24.5 Å². The molecule has 0 fully saturated rings. The van der Waals surface area contributed by atoms with E-state index >= 15 is 0 Å². The fraction of sp³-hybridized carbons (Fsp3) is 0.174. The molecule has 0 saturated heterocycles. The molecule has 0 aliphatic carbocycles. The summed E-state index contributed by atoms with van der Waals surface area (Å²) in [7, 11) is 0. The van der Waals surface area contributed by atoms with Gasteiger partial charge in [-0.2, -0.15) is 0 Å². The third kappa shape index (κ3) is 4.63. The van der Waals surface area contributed by atoms with E-state index in [1.807, 2.05) is 76.3 Å². The zero-order valence-electron chi connectivity index (χ0n) is 16.7. The molecule has 4 aromatic rings. The first kappa shape index (κ1) is 20.0. The first-order chi connectivity index (χ1) is 14.7. The van der Waals surface area contributed by atoms with Gasteiger partial charge >= 0.3 is 0 Å². The topological polar surface area (TPSA) is 64.7 Å². The number of carbonyl (C=O) groups excluding carboxylic acids is 1. The number of hydrogen-bond acceptors (Lipinski definition) is 4. The molecule has 0 spiro atoms. The minimum Gasteiger partial charge on any atom is -0.325 e. The average molecular weight is 418 g/mol. The van der Waals surface area contributed by atoms with Crippen molar-refractivity contribution in [3.8, 4) is 0 Å². The molecular formula is C23H23N5OS. The Morgan fingerprint density at radius 1 is 0.967 bits per heavy atom. The van der Waals surface area contributed by atoms with E-state index in [0.717, 1.165) is 29.1 Å². The lowest BCUT2D eigenvalue weighted by Crippen LogP contribution is -2.17. The van der Waals surface area contributed by atoms with Crippen molar-refractivity contribution in [1.29, 1.82) is 0 Å². The lowest BCUT2D eigenvalue weighted by atomic mass is 10.1. The summed E-state index contributed by atoms with van der Waals surface area (Å²) in [4.78, 5) is 12.6. The van der Waals surface area contributed by atoms with Crippen LogP contribution in [0.1, 0.15) is 23.9 Å². The number of nitrogens with one attached hydrogen (secondary N) is 1. The Kier molecular flexibility index (Phi) is 6.29. The lowest BCUT2D eigenvalue weighted by Gasteiger charge is -2.12. The molecule has 1 amide bonds. The van der Waals surface area contributed by atoms with E-state index < -0.39 is 0 Å². The maximum atomic E-state index is 12.6. The third-order valence-electron chi connectivity index (χ3n) is 4.71. The summed E-state index contributed by atoms with van der Waals surface area (Å²) in [5, 5.41) is 12.4. The Bertz CT molecular complexity index is 1110. The molecule has 0 bridgehead atoms. The highest BCUT2D eigenvalue weighted by atomic mass is 32.2. The van der Waals surface area contributed by atoms with Crippen LogP contribution in [0.2, 0.25) is 0 Å². The quantitative estimate of drug-likeness (QED) is 0.435. The first-order valence-electron chi connectivity index (χ1n) is 9.87. The monoisotopic (exact) mass is 417 g/mol. The van der Waals surface area contributed by atoms with Crippen LogP contribution in [0.4, 0.5) is 5.69 Å². The summed E-state index contributed by atoms with van der Waals surface area (Å²) in [5.74, 6) is 1.01. The van der Waals surface area contributed by atoms with Crippen molar-refractivity contribution in [2.24, 2.45) is 0 Å². The maximum Gasteiger partial charge on any atom is 0.234 e. The molecule has 4 rings (SSSR count). The molecule has 7 heteroatoms. The second-order valence-electron chi connectivity index (χ2n) is 6.78. The van der Waals surface area contributed by atoms with Crippen molar-refractivity contribution in [3.05, 3.63) is 96.1 Å². The number of aryl methyl sites for hydroxylation is 1. The van der Waals surface area contributed by atoms with Crippen LogP contribution in [0.25, 0.3) is 0 Å². The van der Waals surface area contributed by atoms with E-state index in [4.69, 9.17) is 0 Å². The van der Waals surface area contributed by atoms with Crippen molar-refractivity contribution in [2.45, 2.75) is 24.9 Å². The van der Waals surface area contributed by atoms with Gasteiger partial charge in [-0.25, -0.2) is 4.68 Å². The van der Waals surface area contributed by atoms with Gasteiger partial charge < -0.3 is 5.32 Å². The van der Waals surface area contributed by atoms with Gasteiger partial charge in [-0.05, 0) is 35.7 Å².